The van der Waals surface area contributed by atoms with Crippen LogP contribution in [-0.2, 0) is 19.5 Å². The number of imidazole rings is 1. The summed E-state index contributed by atoms with van der Waals surface area (Å²) in [4.78, 5) is 4.42. The summed E-state index contributed by atoms with van der Waals surface area (Å²) >= 11 is 0. The zero-order chi connectivity index (χ0) is 11.5. The lowest BCUT2D eigenvalue weighted by Gasteiger charge is -2.17. The summed E-state index contributed by atoms with van der Waals surface area (Å²) in [6.07, 6.45) is 3.37. The molecule has 0 saturated carbocycles. The molecule has 4 heteroatoms. The van der Waals surface area contributed by atoms with Gasteiger partial charge in [0.25, 0.3) is 0 Å². The average molecular weight is 218 g/mol. The normalized spacial score (nSPS) is 14.9. The molecule has 0 bridgehead atoms. The third-order valence-corrected chi connectivity index (χ3v) is 2.97. The monoisotopic (exact) mass is 218 g/mol. The summed E-state index contributed by atoms with van der Waals surface area (Å²) < 4.78 is 2.22. The molecule has 2 rings (SSSR count). The van der Waals surface area contributed by atoms with Gasteiger partial charge in [0.2, 0.25) is 0 Å². The van der Waals surface area contributed by atoms with Crippen LogP contribution < -0.4 is 5.32 Å². The van der Waals surface area contributed by atoms with Crippen molar-refractivity contribution in [2.45, 2.75) is 52.2 Å². The minimum Gasteiger partial charge on any atom is -0.330 e. The smallest absolute Gasteiger partial charge is 0.162 e. The Labute approximate surface area is 96.3 Å². The van der Waals surface area contributed by atoms with Gasteiger partial charge in [-0.05, 0) is 19.3 Å². The first-order valence-corrected chi connectivity index (χ1v) is 5.94. The van der Waals surface area contributed by atoms with Crippen LogP contribution in [0, 0.1) is 11.3 Å². The second kappa shape index (κ2) is 4.67. The maximum Gasteiger partial charge on any atom is 0.162 e. The van der Waals surface area contributed by atoms with Crippen LogP contribution in [0.1, 0.15) is 43.9 Å². The van der Waals surface area contributed by atoms with Gasteiger partial charge < -0.3 is 9.88 Å². The van der Waals surface area contributed by atoms with Crippen LogP contribution in [0.25, 0.3) is 0 Å². The molecule has 0 atom stereocenters. The number of nitrogens with one attached hydrogen (secondary N) is 1. The SMILES string of the molecule is CC(C)NCc1nc(C#N)c2n1CCCC2. The first-order valence-electron chi connectivity index (χ1n) is 5.94. The number of nitriles is 1. The van der Waals surface area contributed by atoms with Crippen LogP contribution in [0.15, 0.2) is 0 Å². The maximum atomic E-state index is 9.04. The highest BCUT2D eigenvalue weighted by atomic mass is 15.1. The van der Waals surface area contributed by atoms with E-state index in [9.17, 15) is 0 Å². The van der Waals surface area contributed by atoms with E-state index < -0.39 is 0 Å². The molecule has 0 aromatic carbocycles. The summed E-state index contributed by atoms with van der Waals surface area (Å²) in [5, 5.41) is 12.4. The molecule has 1 aliphatic heterocycles. The molecule has 0 aliphatic carbocycles. The lowest BCUT2D eigenvalue weighted by molar-refractivity contribution is 0.490. The summed E-state index contributed by atoms with van der Waals surface area (Å²) in [6.45, 7) is 6.00. The lowest BCUT2D eigenvalue weighted by Crippen LogP contribution is -2.25. The maximum absolute atomic E-state index is 9.04. The zero-order valence-corrected chi connectivity index (χ0v) is 9.95. The number of nitrogens with zero attached hydrogens (tertiary/aromatic N) is 3. The van der Waals surface area contributed by atoms with Gasteiger partial charge in [0.1, 0.15) is 11.9 Å². The summed E-state index contributed by atoms with van der Waals surface area (Å²) in [5.74, 6) is 1.01. The highest BCUT2D eigenvalue weighted by Gasteiger charge is 2.19. The van der Waals surface area contributed by atoms with Crippen molar-refractivity contribution < 1.29 is 0 Å². The van der Waals surface area contributed by atoms with Crippen molar-refractivity contribution >= 4 is 0 Å². The van der Waals surface area contributed by atoms with Crippen LogP contribution in [0.3, 0.4) is 0 Å². The molecule has 4 nitrogen and oxygen atoms in total. The van der Waals surface area contributed by atoms with E-state index in [1.165, 1.54) is 12.8 Å². The number of fused-ring (bicyclic) bond motifs is 1. The number of rotatable bonds is 3. The van der Waals surface area contributed by atoms with Crippen molar-refractivity contribution in [3.8, 4) is 6.07 Å². The fourth-order valence-corrected chi connectivity index (χ4v) is 2.14. The highest BCUT2D eigenvalue weighted by molar-refractivity contribution is 5.30. The zero-order valence-electron chi connectivity index (χ0n) is 9.95. The van der Waals surface area contributed by atoms with E-state index in [1.54, 1.807) is 0 Å². The van der Waals surface area contributed by atoms with Gasteiger partial charge in [-0.2, -0.15) is 5.26 Å². The largest absolute Gasteiger partial charge is 0.330 e. The molecule has 1 aromatic heterocycles. The molecule has 0 saturated heterocycles. The van der Waals surface area contributed by atoms with Crippen molar-refractivity contribution in [2.75, 3.05) is 0 Å². The summed E-state index contributed by atoms with van der Waals surface area (Å²) in [7, 11) is 0. The van der Waals surface area contributed by atoms with Crippen LogP contribution in [0.5, 0.6) is 0 Å². The molecule has 1 N–H and O–H groups in total. The second-order valence-corrected chi connectivity index (χ2v) is 4.58. The van der Waals surface area contributed by atoms with Crippen LogP contribution in [-0.4, -0.2) is 15.6 Å². The minimum atomic E-state index is 0.446. The molecule has 0 spiro atoms. The van der Waals surface area contributed by atoms with Gasteiger partial charge in [-0.15, -0.1) is 0 Å². The van der Waals surface area contributed by atoms with E-state index in [2.05, 4.69) is 34.8 Å². The topological polar surface area (TPSA) is 53.6 Å². The van der Waals surface area contributed by atoms with Gasteiger partial charge in [0.05, 0.1) is 12.2 Å². The van der Waals surface area contributed by atoms with Gasteiger partial charge >= 0.3 is 0 Å². The van der Waals surface area contributed by atoms with Gasteiger partial charge in [-0.3, -0.25) is 0 Å². The molecule has 2 heterocycles. The summed E-state index contributed by atoms with van der Waals surface area (Å²) in [6, 6.07) is 2.65. The molecule has 0 radical (unpaired) electrons. The Hall–Kier alpha value is -1.34. The van der Waals surface area contributed by atoms with E-state index in [0.29, 0.717) is 11.7 Å². The highest BCUT2D eigenvalue weighted by Crippen LogP contribution is 2.20. The Kier molecular flexibility index (Phi) is 3.25. The number of aromatic nitrogens is 2. The Morgan fingerprint density at radius 2 is 2.31 bits per heavy atom. The molecule has 0 fully saturated rings. The van der Waals surface area contributed by atoms with Crippen LogP contribution in [0.2, 0.25) is 0 Å². The Morgan fingerprint density at radius 1 is 1.50 bits per heavy atom. The number of hydrogen-bond acceptors (Lipinski definition) is 3. The average Bonchev–Trinajstić information content (AvgIpc) is 2.65. The molecular formula is C12H18N4. The van der Waals surface area contributed by atoms with Crippen LogP contribution >= 0.6 is 0 Å². The van der Waals surface area contributed by atoms with E-state index in [0.717, 1.165) is 31.0 Å². The summed E-state index contributed by atoms with van der Waals surface area (Å²) in [5.41, 5.74) is 1.76. The van der Waals surface area contributed by atoms with E-state index in [1.807, 2.05) is 0 Å². The standard InChI is InChI=1S/C12H18N4/c1-9(2)14-8-12-15-10(7-13)11-5-3-4-6-16(11)12/h9,14H,3-6,8H2,1-2H3. The fraction of sp³-hybridized carbons (Fsp3) is 0.667. The van der Waals surface area contributed by atoms with Crippen molar-refractivity contribution in [1.82, 2.24) is 14.9 Å². The molecular weight excluding hydrogens is 200 g/mol. The van der Waals surface area contributed by atoms with Crippen molar-refractivity contribution in [1.29, 1.82) is 5.26 Å². The van der Waals surface area contributed by atoms with Crippen molar-refractivity contribution in [3.63, 3.8) is 0 Å². The molecule has 1 aromatic rings. The minimum absolute atomic E-state index is 0.446. The lowest BCUT2D eigenvalue weighted by atomic mass is 10.1. The van der Waals surface area contributed by atoms with Crippen LogP contribution in [0.4, 0.5) is 0 Å². The van der Waals surface area contributed by atoms with Crippen molar-refractivity contribution in [3.05, 3.63) is 17.2 Å². The predicted octanol–water partition coefficient (Wildman–Crippen LogP) is 1.59. The third-order valence-electron chi connectivity index (χ3n) is 2.97. The Balaban J connectivity index is 2.25. The first-order chi connectivity index (χ1) is 7.72. The molecule has 16 heavy (non-hydrogen) atoms. The Bertz CT molecular complexity index is 411. The van der Waals surface area contributed by atoms with Gasteiger partial charge in [0.15, 0.2) is 5.69 Å². The molecule has 86 valence electrons. The predicted molar refractivity (Wildman–Crippen MR) is 61.9 cm³/mol. The fourth-order valence-electron chi connectivity index (χ4n) is 2.14. The molecule has 0 unspecified atom stereocenters. The Morgan fingerprint density at radius 3 is 3.00 bits per heavy atom. The van der Waals surface area contributed by atoms with E-state index >= 15 is 0 Å². The third kappa shape index (κ3) is 2.10. The van der Waals surface area contributed by atoms with Gasteiger partial charge in [-0.1, -0.05) is 13.8 Å². The van der Waals surface area contributed by atoms with Gasteiger partial charge in [0, 0.05) is 12.6 Å². The molecule has 0 amide bonds. The molecule has 1 aliphatic rings. The van der Waals surface area contributed by atoms with E-state index in [-0.39, 0.29) is 0 Å². The quantitative estimate of drug-likeness (QED) is 0.838. The van der Waals surface area contributed by atoms with Crippen molar-refractivity contribution in [2.24, 2.45) is 0 Å². The first kappa shape index (κ1) is 11.2. The van der Waals surface area contributed by atoms with E-state index in [4.69, 9.17) is 5.26 Å². The van der Waals surface area contributed by atoms with Gasteiger partial charge in [-0.25, -0.2) is 4.98 Å². The second-order valence-electron chi connectivity index (χ2n) is 4.58. The number of hydrogen-bond donors (Lipinski definition) is 1.